The summed E-state index contributed by atoms with van der Waals surface area (Å²) in [7, 11) is 0. The Kier molecular flexibility index (Phi) is 7.36. The number of rotatable bonds is 8. The molecule has 0 bridgehead atoms. The zero-order valence-corrected chi connectivity index (χ0v) is 17.5. The van der Waals surface area contributed by atoms with Crippen LogP contribution in [-0.4, -0.2) is 33.5 Å². The normalized spacial score (nSPS) is 10.7. The van der Waals surface area contributed by atoms with E-state index in [0.29, 0.717) is 19.2 Å². The number of amides is 2. The molecule has 0 aliphatic heterocycles. The second kappa shape index (κ2) is 10.2. The highest BCUT2D eigenvalue weighted by Gasteiger charge is 2.21. The molecule has 0 aliphatic carbocycles. The number of carbonyl (C=O) groups is 2. The maximum absolute atomic E-state index is 13.5. The highest BCUT2D eigenvalue weighted by molar-refractivity contribution is 6.34. The largest absolute Gasteiger partial charge is 0.333 e. The topological polar surface area (TPSA) is 78.1 Å². The van der Waals surface area contributed by atoms with Crippen molar-refractivity contribution in [1.29, 1.82) is 0 Å². The average Bonchev–Trinajstić information content (AvgIpc) is 3.22. The fourth-order valence-electron chi connectivity index (χ4n) is 2.95. The number of aromatic amines is 1. The minimum Gasteiger partial charge on any atom is -0.333 e. The van der Waals surface area contributed by atoms with Gasteiger partial charge in [-0.05, 0) is 24.1 Å². The third kappa shape index (κ3) is 5.67. The molecule has 31 heavy (non-hydrogen) atoms. The Bertz CT molecular complexity index is 1070. The van der Waals surface area contributed by atoms with Gasteiger partial charge in [-0.15, -0.1) is 0 Å². The molecule has 3 rings (SSSR count). The van der Waals surface area contributed by atoms with Crippen LogP contribution in [0.4, 0.5) is 14.6 Å². The SMILES string of the molecule is CCCCN(Cc1ccccc1)C(=O)c1cc(NC(=O)c2cc(F)c(F)cc2Cl)[nH]n1. The zero-order chi connectivity index (χ0) is 22.4. The van der Waals surface area contributed by atoms with Gasteiger partial charge in [0.1, 0.15) is 5.82 Å². The molecule has 2 N–H and O–H groups in total. The molecule has 0 atom stereocenters. The Morgan fingerprint density at radius 1 is 1.13 bits per heavy atom. The van der Waals surface area contributed by atoms with Crippen molar-refractivity contribution in [2.45, 2.75) is 26.3 Å². The summed E-state index contributed by atoms with van der Waals surface area (Å²) < 4.78 is 26.7. The van der Waals surface area contributed by atoms with Crippen molar-refractivity contribution in [3.05, 3.63) is 82.0 Å². The van der Waals surface area contributed by atoms with Crippen molar-refractivity contribution < 1.29 is 18.4 Å². The van der Waals surface area contributed by atoms with Gasteiger partial charge >= 0.3 is 0 Å². The quantitative estimate of drug-likeness (QED) is 0.476. The molecule has 1 aromatic heterocycles. The van der Waals surface area contributed by atoms with Crippen LogP contribution < -0.4 is 5.32 Å². The first-order valence-electron chi connectivity index (χ1n) is 9.73. The molecule has 0 fully saturated rings. The predicted molar refractivity (Wildman–Crippen MR) is 114 cm³/mol. The molecule has 0 saturated heterocycles. The van der Waals surface area contributed by atoms with E-state index in [1.165, 1.54) is 6.07 Å². The number of halogens is 3. The molecule has 0 saturated carbocycles. The van der Waals surface area contributed by atoms with Crippen LogP contribution in [0.3, 0.4) is 0 Å². The fourth-order valence-corrected chi connectivity index (χ4v) is 3.18. The molecule has 1 heterocycles. The lowest BCUT2D eigenvalue weighted by Crippen LogP contribution is -2.31. The average molecular weight is 447 g/mol. The summed E-state index contributed by atoms with van der Waals surface area (Å²) in [5.74, 6) is -3.27. The van der Waals surface area contributed by atoms with Gasteiger partial charge in [0, 0.05) is 19.2 Å². The van der Waals surface area contributed by atoms with E-state index < -0.39 is 17.5 Å². The number of unbranched alkanes of at least 4 members (excludes halogenated alkanes) is 1. The van der Waals surface area contributed by atoms with Crippen LogP contribution in [0.15, 0.2) is 48.5 Å². The van der Waals surface area contributed by atoms with E-state index in [4.69, 9.17) is 11.6 Å². The van der Waals surface area contributed by atoms with E-state index in [-0.39, 0.29) is 28.0 Å². The number of anilines is 1. The van der Waals surface area contributed by atoms with Crippen LogP contribution in [0, 0.1) is 11.6 Å². The Balaban J connectivity index is 1.74. The molecule has 0 radical (unpaired) electrons. The smallest absolute Gasteiger partial charge is 0.274 e. The summed E-state index contributed by atoms with van der Waals surface area (Å²) in [6, 6.07) is 12.4. The highest BCUT2D eigenvalue weighted by atomic mass is 35.5. The molecule has 3 aromatic rings. The number of hydrogen-bond acceptors (Lipinski definition) is 3. The van der Waals surface area contributed by atoms with Crippen LogP contribution in [0.1, 0.15) is 46.2 Å². The molecule has 0 aliphatic rings. The number of carbonyl (C=O) groups excluding carboxylic acids is 2. The van der Waals surface area contributed by atoms with Crippen molar-refractivity contribution in [3.63, 3.8) is 0 Å². The maximum Gasteiger partial charge on any atom is 0.274 e. The van der Waals surface area contributed by atoms with E-state index in [1.54, 1.807) is 4.90 Å². The van der Waals surface area contributed by atoms with Crippen LogP contribution >= 0.6 is 11.6 Å². The van der Waals surface area contributed by atoms with E-state index in [9.17, 15) is 18.4 Å². The number of nitrogens with one attached hydrogen (secondary N) is 2. The fraction of sp³-hybridized carbons (Fsp3) is 0.227. The lowest BCUT2D eigenvalue weighted by atomic mass is 10.2. The Labute approximate surface area is 183 Å². The third-order valence-electron chi connectivity index (χ3n) is 4.58. The molecule has 9 heteroatoms. The predicted octanol–water partition coefficient (Wildman–Crippen LogP) is 5.04. The van der Waals surface area contributed by atoms with Gasteiger partial charge in [0.2, 0.25) is 0 Å². The lowest BCUT2D eigenvalue weighted by Gasteiger charge is -2.21. The summed E-state index contributed by atoms with van der Waals surface area (Å²) in [4.78, 5) is 27.0. The zero-order valence-electron chi connectivity index (χ0n) is 16.8. The van der Waals surface area contributed by atoms with Crippen LogP contribution in [-0.2, 0) is 6.54 Å². The number of benzene rings is 2. The molecule has 6 nitrogen and oxygen atoms in total. The summed E-state index contributed by atoms with van der Waals surface area (Å²) in [5, 5.41) is 8.77. The summed E-state index contributed by atoms with van der Waals surface area (Å²) >= 11 is 5.83. The van der Waals surface area contributed by atoms with Crippen molar-refractivity contribution >= 4 is 29.2 Å². The minimum absolute atomic E-state index is 0.124. The standard InChI is InChI=1S/C22H21ClF2N4O2/c1-2-3-9-29(13-14-7-5-4-6-8-14)22(31)19-12-20(28-27-19)26-21(30)15-10-17(24)18(25)11-16(15)23/h4-8,10-12H,2-3,9,13H2,1H3,(H2,26,27,28,30). The molecule has 2 amide bonds. The maximum atomic E-state index is 13.5. The van der Waals surface area contributed by atoms with Crippen molar-refractivity contribution in [2.75, 3.05) is 11.9 Å². The Morgan fingerprint density at radius 3 is 2.55 bits per heavy atom. The van der Waals surface area contributed by atoms with Gasteiger partial charge in [-0.1, -0.05) is 55.3 Å². The van der Waals surface area contributed by atoms with Gasteiger partial charge in [0.25, 0.3) is 11.8 Å². The monoisotopic (exact) mass is 446 g/mol. The van der Waals surface area contributed by atoms with Gasteiger partial charge in [-0.25, -0.2) is 8.78 Å². The molecule has 2 aromatic carbocycles. The van der Waals surface area contributed by atoms with Gasteiger partial charge in [-0.3, -0.25) is 14.7 Å². The van der Waals surface area contributed by atoms with Crippen LogP contribution in [0.2, 0.25) is 5.02 Å². The summed E-state index contributed by atoms with van der Waals surface area (Å²) in [5.41, 5.74) is 0.874. The second-order valence-corrected chi connectivity index (χ2v) is 7.34. The number of hydrogen-bond donors (Lipinski definition) is 2. The van der Waals surface area contributed by atoms with Crippen molar-refractivity contribution in [3.8, 4) is 0 Å². The molecular formula is C22H21ClF2N4O2. The van der Waals surface area contributed by atoms with Gasteiger partial charge in [0.15, 0.2) is 17.3 Å². The van der Waals surface area contributed by atoms with Gasteiger partial charge in [0.05, 0.1) is 10.6 Å². The van der Waals surface area contributed by atoms with E-state index >= 15 is 0 Å². The summed E-state index contributed by atoms with van der Waals surface area (Å²) in [6.07, 6.45) is 1.76. The lowest BCUT2D eigenvalue weighted by molar-refractivity contribution is 0.0734. The van der Waals surface area contributed by atoms with E-state index in [2.05, 4.69) is 15.5 Å². The highest BCUT2D eigenvalue weighted by Crippen LogP contribution is 2.21. The first-order valence-corrected chi connectivity index (χ1v) is 10.1. The van der Waals surface area contributed by atoms with Crippen molar-refractivity contribution in [1.82, 2.24) is 15.1 Å². The number of nitrogens with zero attached hydrogens (tertiary/aromatic N) is 2. The Hall–Kier alpha value is -3.26. The second-order valence-electron chi connectivity index (χ2n) is 6.93. The number of aromatic nitrogens is 2. The first kappa shape index (κ1) is 22.4. The third-order valence-corrected chi connectivity index (χ3v) is 4.90. The number of H-pyrrole nitrogens is 1. The molecule has 0 spiro atoms. The molecular weight excluding hydrogens is 426 g/mol. The minimum atomic E-state index is -1.19. The van der Waals surface area contributed by atoms with Gasteiger partial charge in [-0.2, -0.15) is 5.10 Å². The Morgan fingerprint density at radius 2 is 1.84 bits per heavy atom. The first-order chi connectivity index (χ1) is 14.9. The summed E-state index contributed by atoms with van der Waals surface area (Å²) in [6.45, 7) is 3.03. The van der Waals surface area contributed by atoms with Crippen LogP contribution in [0.5, 0.6) is 0 Å². The van der Waals surface area contributed by atoms with E-state index in [0.717, 1.165) is 24.5 Å². The van der Waals surface area contributed by atoms with Crippen LogP contribution in [0.25, 0.3) is 0 Å². The van der Waals surface area contributed by atoms with E-state index in [1.807, 2.05) is 37.3 Å². The molecule has 162 valence electrons. The van der Waals surface area contributed by atoms with Crippen molar-refractivity contribution in [2.24, 2.45) is 0 Å². The van der Waals surface area contributed by atoms with Gasteiger partial charge < -0.3 is 10.2 Å². The molecule has 0 unspecified atom stereocenters.